The van der Waals surface area contributed by atoms with Crippen molar-refractivity contribution >= 4 is 15.9 Å². The third-order valence-corrected chi connectivity index (χ3v) is 0.824. The standard InChI is InChI=1S/C3BrFN3/c4-2-6-1-7-3(5)8-2. The molecule has 0 aliphatic heterocycles. The molecule has 1 radical (unpaired) electrons. The van der Waals surface area contributed by atoms with Crippen molar-refractivity contribution < 1.29 is 4.39 Å². The summed E-state index contributed by atoms with van der Waals surface area (Å²) in [7, 11) is 0. The summed E-state index contributed by atoms with van der Waals surface area (Å²) in [4.78, 5) is 9.54. The molecule has 0 fully saturated rings. The molecule has 0 saturated carbocycles. The van der Waals surface area contributed by atoms with Crippen molar-refractivity contribution in [2.75, 3.05) is 0 Å². The monoisotopic (exact) mass is 176 g/mol. The van der Waals surface area contributed by atoms with Crippen LogP contribution >= 0.6 is 15.9 Å². The summed E-state index contributed by atoms with van der Waals surface area (Å²) in [5.74, 6) is 0. The second-order valence-electron chi connectivity index (χ2n) is 0.973. The van der Waals surface area contributed by atoms with Gasteiger partial charge in [0.25, 0.3) is 0 Å². The molecule has 1 rings (SSSR count). The summed E-state index contributed by atoms with van der Waals surface area (Å²) in [6, 6.07) is 0. The average molecular weight is 177 g/mol. The highest BCUT2D eigenvalue weighted by atomic mass is 79.9. The van der Waals surface area contributed by atoms with E-state index in [-0.39, 0.29) is 4.73 Å². The van der Waals surface area contributed by atoms with E-state index >= 15 is 0 Å². The van der Waals surface area contributed by atoms with Gasteiger partial charge in [0.2, 0.25) is 11.1 Å². The predicted molar refractivity (Wildman–Crippen MR) is 26.3 cm³/mol. The van der Waals surface area contributed by atoms with Crippen molar-refractivity contribution in [1.29, 1.82) is 0 Å². The minimum Gasteiger partial charge on any atom is -0.198 e. The van der Waals surface area contributed by atoms with Crippen LogP contribution in [0, 0.1) is 12.4 Å². The van der Waals surface area contributed by atoms with Crippen LogP contribution in [0.5, 0.6) is 0 Å². The van der Waals surface area contributed by atoms with Gasteiger partial charge in [-0.15, -0.1) is 0 Å². The molecule has 0 saturated heterocycles. The molecular formula is C3BrFN3. The Kier molecular flexibility index (Phi) is 1.48. The van der Waals surface area contributed by atoms with Gasteiger partial charge in [-0.1, -0.05) is 0 Å². The first-order valence-electron chi connectivity index (χ1n) is 1.72. The first-order chi connectivity index (χ1) is 3.79. The molecular weight excluding hydrogens is 177 g/mol. The van der Waals surface area contributed by atoms with Crippen molar-refractivity contribution in [3.8, 4) is 0 Å². The number of nitrogens with zero attached hydrogens (tertiary/aromatic N) is 3. The third-order valence-electron chi connectivity index (χ3n) is 0.469. The van der Waals surface area contributed by atoms with Crippen LogP contribution in [-0.2, 0) is 0 Å². The predicted octanol–water partition coefficient (Wildman–Crippen LogP) is 0.573. The van der Waals surface area contributed by atoms with Crippen molar-refractivity contribution in [1.82, 2.24) is 15.0 Å². The summed E-state index contributed by atoms with van der Waals surface area (Å²) in [5, 5.41) is 0. The highest BCUT2D eigenvalue weighted by molar-refractivity contribution is 9.10. The van der Waals surface area contributed by atoms with Crippen LogP contribution < -0.4 is 0 Å². The smallest absolute Gasteiger partial charge is 0.198 e. The summed E-state index contributed by atoms with van der Waals surface area (Å²) in [5.41, 5.74) is 0. The zero-order chi connectivity index (χ0) is 5.98. The molecule has 0 N–H and O–H groups in total. The zero-order valence-electron chi connectivity index (χ0n) is 3.60. The van der Waals surface area contributed by atoms with Gasteiger partial charge in [0.15, 0.2) is 0 Å². The Hall–Kier alpha value is -0.580. The van der Waals surface area contributed by atoms with Gasteiger partial charge < -0.3 is 0 Å². The minimum absolute atomic E-state index is 0.157. The number of rotatable bonds is 0. The van der Waals surface area contributed by atoms with Gasteiger partial charge in [0.1, 0.15) is 0 Å². The lowest BCUT2D eigenvalue weighted by Gasteiger charge is -1.82. The summed E-state index contributed by atoms with van der Waals surface area (Å²) in [6.45, 7) is 0. The van der Waals surface area contributed by atoms with E-state index in [0.29, 0.717) is 0 Å². The maximum absolute atomic E-state index is 11.8. The first kappa shape index (κ1) is 5.55. The van der Waals surface area contributed by atoms with E-state index in [4.69, 9.17) is 0 Å². The number of aromatic nitrogens is 3. The van der Waals surface area contributed by atoms with E-state index < -0.39 is 6.08 Å². The largest absolute Gasteiger partial charge is 0.313 e. The molecule has 1 heterocycles. The first-order valence-corrected chi connectivity index (χ1v) is 2.51. The van der Waals surface area contributed by atoms with E-state index in [1.807, 2.05) is 6.33 Å². The topological polar surface area (TPSA) is 38.7 Å². The molecule has 5 heteroatoms. The Morgan fingerprint density at radius 3 is 2.62 bits per heavy atom. The van der Waals surface area contributed by atoms with Crippen LogP contribution in [0.3, 0.4) is 0 Å². The maximum atomic E-state index is 11.8. The van der Waals surface area contributed by atoms with E-state index in [2.05, 4.69) is 30.9 Å². The van der Waals surface area contributed by atoms with Gasteiger partial charge >= 0.3 is 6.08 Å². The van der Waals surface area contributed by atoms with Gasteiger partial charge in [0, 0.05) is 0 Å². The molecule has 0 atom stereocenters. The fourth-order valence-corrected chi connectivity index (χ4v) is 0.459. The molecule has 0 aliphatic carbocycles. The zero-order valence-corrected chi connectivity index (χ0v) is 5.18. The fraction of sp³-hybridized carbons (Fsp3) is 0. The molecule has 3 nitrogen and oxygen atoms in total. The average Bonchev–Trinajstić information content (AvgIpc) is 1.64. The van der Waals surface area contributed by atoms with E-state index in [0.717, 1.165) is 0 Å². The lowest BCUT2D eigenvalue weighted by atomic mass is 11.1. The molecule has 0 aromatic carbocycles. The normalized spacial score (nSPS) is 9.25. The Morgan fingerprint density at radius 2 is 2.25 bits per heavy atom. The maximum Gasteiger partial charge on any atom is 0.313 e. The van der Waals surface area contributed by atoms with Crippen LogP contribution in [0.15, 0.2) is 4.73 Å². The van der Waals surface area contributed by atoms with Crippen LogP contribution in [0.25, 0.3) is 0 Å². The molecule has 1 aromatic heterocycles. The minimum atomic E-state index is -0.827. The van der Waals surface area contributed by atoms with E-state index in [1.54, 1.807) is 0 Å². The molecule has 1 aromatic rings. The van der Waals surface area contributed by atoms with Gasteiger partial charge in [-0.3, -0.25) is 0 Å². The summed E-state index contributed by atoms with van der Waals surface area (Å²) in [6.07, 6.45) is 1.22. The van der Waals surface area contributed by atoms with E-state index in [9.17, 15) is 4.39 Å². The molecule has 0 amide bonds. The van der Waals surface area contributed by atoms with Gasteiger partial charge in [-0.05, 0) is 15.9 Å². The van der Waals surface area contributed by atoms with Crippen molar-refractivity contribution in [2.45, 2.75) is 0 Å². The number of halogens is 2. The highest BCUT2D eigenvalue weighted by Gasteiger charge is 1.91. The number of hydrogen-bond donors (Lipinski definition) is 0. The van der Waals surface area contributed by atoms with Crippen LogP contribution in [0.1, 0.15) is 0 Å². The molecule has 0 spiro atoms. The Morgan fingerprint density at radius 1 is 1.50 bits per heavy atom. The van der Waals surface area contributed by atoms with Crippen molar-refractivity contribution in [2.24, 2.45) is 0 Å². The van der Waals surface area contributed by atoms with Crippen LogP contribution in [0.4, 0.5) is 4.39 Å². The lowest BCUT2D eigenvalue weighted by Crippen LogP contribution is -1.90. The number of hydrogen-bond acceptors (Lipinski definition) is 3. The summed E-state index contributed by atoms with van der Waals surface area (Å²) < 4.78 is 12.0. The highest BCUT2D eigenvalue weighted by Crippen LogP contribution is 1.96. The van der Waals surface area contributed by atoms with Crippen LogP contribution in [0.2, 0.25) is 0 Å². The van der Waals surface area contributed by atoms with Gasteiger partial charge in [-0.25, -0.2) is 0 Å². The summed E-state index contributed by atoms with van der Waals surface area (Å²) >= 11 is 2.83. The third kappa shape index (κ3) is 1.19. The molecule has 0 aliphatic rings. The Bertz CT molecular complexity index is 174. The Labute approximate surface area is 53.1 Å². The van der Waals surface area contributed by atoms with E-state index in [1.165, 1.54) is 0 Å². The SMILES string of the molecule is Fc1n[c]nc(Br)n1. The molecule has 0 unspecified atom stereocenters. The molecule has 8 heavy (non-hydrogen) atoms. The second kappa shape index (κ2) is 2.13. The van der Waals surface area contributed by atoms with Gasteiger partial charge in [-0.2, -0.15) is 19.3 Å². The van der Waals surface area contributed by atoms with Crippen LogP contribution in [-0.4, -0.2) is 15.0 Å². The second-order valence-corrected chi connectivity index (χ2v) is 1.68. The quantitative estimate of drug-likeness (QED) is 0.581. The fourth-order valence-electron chi connectivity index (χ4n) is 0.234. The van der Waals surface area contributed by atoms with Crippen molar-refractivity contribution in [3.63, 3.8) is 0 Å². The lowest BCUT2D eigenvalue weighted by molar-refractivity contribution is 0.526. The molecule has 41 valence electrons. The van der Waals surface area contributed by atoms with Gasteiger partial charge in [0.05, 0.1) is 0 Å². The Balaban J connectivity index is 3.08. The van der Waals surface area contributed by atoms with Crippen molar-refractivity contribution in [3.05, 3.63) is 17.1 Å². The molecule has 0 bridgehead atoms.